The molecule has 0 radical (unpaired) electrons. The van der Waals surface area contributed by atoms with Crippen LogP contribution in [0.5, 0.6) is 5.75 Å². The number of nitrogens with zero attached hydrogens (tertiary/aromatic N) is 2. The van der Waals surface area contributed by atoms with Gasteiger partial charge >= 0.3 is 0 Å². The third-order valence-corrected chi connectivity index (χ3v) is 4.69. The van der Waals surface area contributed by atoms with Crippen molar-refractivity contribution in [3.63, 3.8) is 0 Å². The minimum Gasteiger partial charge on any atom is -0.493 e. The SMILES string of the molecule is CC(=S)N=CN.Cc1ccc2c(c1)OCCC2N1CCOCC1.c1ccccc1. The lowest BCUT2D eigenvalue weighted by molar-refractivity contribution is 0.00707. The van der Waals surface area contributed by atoms with Crippen molar-refractivity contribution in [1.82, 2.24) is 4.90 Å². The van der Waals surface area contributed by atoms with Gasteiger partial charge in [-0.2, -0.15) is 0 Å². The van der Waals surface area contributed by atoms with Crippen LogP contribution >= 0.6 is 12.2 Å². The molecule has 6 heteroatoms. The fourth-order valence-corrected chi connectivity index (χ4v) is 3.30. The molecule has 2 aromatic rings. The van der Waals surface area contributed by atoms with Crippen LogP contribution in [-0.2, 0) is 4.74 Å². The van der Waals surface area contributed by atoms with Gasteiger partial charge in [-0.15, -0.1) is 0 Å². The molecule has 2 aromatic carbocycles. The van der Waals surface area contributed by atoms with E-state index in [0.717, 1.165) is 45.1 Å². The highest BCUT2D eigenvalue weighted by atomic mass is 32.1. The quantitative estimate of drug-likeness (QED) is 0.432. The van der Waals surface area contributed by atoms with E-state index in [2.05, 4.69) is 47.2 Å². The summed E-state index contributed by atoms with van der Waals surface area (Å²) < 4.78 is 11.2. The number of ether oxygens (including phenoxy) is 2. The predicted molar refractivity (Wildman–Crippen MR) is 124 cm³/mol. The Labute approximate surface area is 179 Å². The lowest BCUT2D eigenvalue weighted by atomic mass is 9.97. The Balaban J connectivity index is 0.000000206. The molecule has 0 spiro atoms. The number of hydrogen-bond donors (Lipinski definition) is 1. The molecule has 0 aromatic heterocycles. The highest BCUT2D eigenvalue weighted by Gasteiger charge is 2.27. The number of aryl methyl sites for hydroxylation is 1. The molecule has 1 atom stereocenters. The summed E-state index contributed by atoms with van der Waals surface area (Å²) in [6.45, 7) is 8.45. The number of nitrogens with two attached hydrogens (primary N) is 1. The van der Waals surface area contributed by atoms with Crippen LogP contribution in [0.2, 0.25) is 0 Å². The Morgan fingerprint density at radius 2 is 1.72 bits per heavy atom. The zero-order valence-corrected chi connectivity index (χ0v) is 18.1. The van der Waals surface area contributed by atoms with Crippen LogP contribution in [0.25, 0.3) is 0 Å². The van der Waals surface area contributed by atoms with Gasteiger partial charge in [-0.05, 0) is 25.5 Å². The van der Waals surface area contributed by atoms with Gasteiger partial charge in [0.2, 0.25) is 0 Å². The van der Waals surface area contributed by atoms with E-state index in [9.17, 15) is 0 Å². The number of rotatable bonds is 1. The van der Waals surface area contributed by atoms with Gasteiger partial charge in [0, 0.05) is 31.1 Å². The number of aliphatic imine (C=N–C) groups is 1. The Kier molecular flexibility index (Phi) is 10.3. The number of benzene rings is 2. The van der Waals surface area contributed by atoms with Gasteiger partial charge in [0.1, 0.15) is 10.7 Å². The summed E-state index contributed by atoms with van der Waals surface area (Å²) >= 11 is 4.52. The molecule has 2 aliphatic heterocycles. The highest BCUT2D eigenvalue weighted by molar-refractivity contribution is 7.80. The Bertz CT molecular complexity index is 735. The summed E-state index contributed by atoms with van der Waals surface area (Å²) in [7, 11) is 0. The summed E-state index contributed by atoms with van der Waals surface area (Å²) in [6.07, 6.45) is 2.28. The first-order valence-corrected chi connectivity index (χ1v) is 10.3. The average molecular weight is 414 g/mol. The van der Waals surface area contributed by atoms with Crippen LogP contribution < -0.4 is 10.5 Å². The maximum Gasteiger partial charge on any atom is 0.124 e. The van der Waals surface area contributed by atoms with Gasteiger partial charge in [-0.25, -0.2) is 4.99 Å². The third-order valence-electron chi connectivity index (χ3n) is 4.59. The van der Waals surface area contributed by atoms with E-state index in [4.69, 9.17) is 15.2 Å². The maximum absolute atomic E-state index is 5.77. The molecular formula is C23H31N3O2S. The molecule has 1 saturated heterocycles. The fraction of sp³-hybridized carbons (Fsp3) is 0.391. The van der Waals surface area contributed by atoms with Gasteiger partial charge in [-0.3, -0.25) is 4.90 Å². The highest BCUT2D eigenvalue weighted by Crippen LogP contribution is 2.36. The number of morpholine rings is 1. The Morgan fingerprint density at radius 3 is 2.24 bits per heavy atom. The van der Waals surface area contributed by atoms with Crippen molar-refractivity contribution in [3.05, 3.63) is 65.7 Å². The van der Waals surface area contributed by atoms with Gasteiger partial charge in [0.15, 0.2) is 0 Å². The molecule has 0 amide bonds. The van der Waals surface area contributed by atoms with Gasteiger partial charge < -0.3 is 15.2 Å². The summed E-state index contributed by atoms with van der Waals surface area (Å²) in [6, 6.07) is 19.1. The molecule has 0 bridgehead atoms. The van der Waals surface area contributed by atoms with Gasteiger partial charge in [0.05, 0.1) is 26.2 Å². The monoisotopic (exact) mass is 413 g/mol. The molecule has 1 unspecified atom stereocenters. The van der Waals surface area contributed by atoms with E-state index < -0.39 is 0 Å². The van der Waals surface area contributed by atoms with E-state index in [1.807, 2.05) is 36.4 Å². The predicted octanol–water partition coefficient (Wildman–Crippen LogP) is 4.16. The average Bonchev–Trinajstić information content (AvgIpc) is 2.76. The molecule has 156 valence electrons. The molecule has 2 heterocycles. The molecule has 0 saturated carbocycles. The number of fused-ring (bicyclic) bond motifs is 1. The minimum atomic E-state index is 0.517. The van der Waals surface area contributed by atoms with Crippen LogP contribution in [0.15, 0.2) is 59.6 Å². The molecule has 4 rings (SSSR count). The molecule has 0 aliphatic carbocycles. The fourth-order valence-electron chi connectivity index (χ4n) is 3.24. The zero-order valence-electron chi connectivity index (χ0n) is 17.3. The van der Waals surface area contributed by atoms with Crippen LogP contribution in [0.3, 0.4) is 0 Å². The Morgan fingerprint density at radius 1 is 1.10 bits per heavy atom. The number of thiocarbonyl (C=S) groups is 1. The van der Waals surface area contributed by atoms with Crippen molar-refractivity contribution >= 4 is 23.5 Å². The third kappa shape index (κ3) is 8.31. The summed E-state index contributed by atoms with van der Waals surface area (Å²) in [4.78, 5) is 6.60. The van der Waals surface area contributed by atoms with Crippen molar-refractivity contribution in [3.8, 4) is 5.75 Å². The van der Waals surface area contributed by atoms with Gasteiger partial charge in [-0.1, -0.05) is 60.7 Å². The first kappa shape index (κ1) is 23.0. The van der Waals surface area contributed by atoms with Crippen molar-refractivity contribution in [1.29, 1.82) is 0 Å². The van der Waals surface area contributed by atoms with Crippen LogP contribution in [-0.4, -0.2) is 49.1 Å². The maximum atomic E-state index is 5.77. The summed E-state index contributed by atoms with van der Waals surface area (Å²) in [5, 5.41) is 0. The zero-order chi connectivity index (χ0) is 20.9. The van der Waals surface area contributed by atoms with E-state index in [0.29, 0.717) is 11.0 Å². The molecule has 5 nitrogen and oxygen atoms in total. The van der Waals surface area contributed by atoms with E-state index >= 15 is 0 Å². The standard InChI is InChI=1S/C14H19NO2.C6H6.C3H6N2S/c1-11-2-3-12-13(4-7-17-14(12)10-11)15-5-8-16-9-6-15;1-2-4-6-5-3-1;1-3(6)5-2-4/h2-3,10,13H,4-9H2,1H3;1-6H;2H,1H3,(H2,4,5,6). The summed E-state index contributed by atoms with van der Waals surface area (Å²) in [5.74, 6) is 1.08. The molecular weight excluding hydrogens is 382 g/mol. The van der Waals surface area contributed by atoms with Crippen molar-refractivity contribution < 1.29 is 9.47 Å². The van der Waals surface area contributed by atoms with Crippen molar-refractivity contribution in [2.24, 2.45) is 10.7 Å². The van der Waals surface area contributed by atoms with E-state index in [-0.39, 0.29) is 0 Å². The van der Waals surface area contributed by atoms with E-state index in [1.54, 1.807) is 6.92 Å². The first-order valence-electron chi connectivity index (χ1n) is 9.92. The molecule has 2 aliphatic rings. The van der Waals surface area contributed by atoms with Crippen LogP contribution in [0.1, 0.15) is 30.5 Å². The second-order valence-electron chi connectivity index (χ2n) is 6.79. The second kappa shape index (κ2) is 13.0. The minimum absolute atomic E-state index is 0.517. The second-order valence-corrected chi connectivity index (χ2v) is 7.39. The van der Waals surface area contributed by atoms with Crippen molar-refractivity contribution in [2.75, 3.05) is 32.9 Å². The lowest BCUT2D eigenvalue weighted by Crippen LogP contribution is -2.40. The summed E-state index contributed by atoms with van der Waals surface area (Å²) in [5.41, 5.74) is 7.47. The Hall–Kier alpha value is -2.28. The first-order chi connectivity index (χ1) is 14.1. The largest absolute Gasteiger partial charge is 0.493 e. The van der Waals surface area contributed by atoms with Crippen LogP contribution in [0.4, 0.5) is 0 Å². The molecule has 1 fully saturated rings. The van der Waals surface area contributed by atoms with Crippen molar-refractivity contribution in [2.45, 2.75) is 26.3 Å². The topological polar surface area (TPSA) is 60.1 Å². The smallest absolute Gasteiger partial charge is 0.124 e. The van der Waals surface area contributed by atoms with Gasteiger partial charge in [0.25, 0.3) is 0 Å². The number of hydrogen-bond acceptors (Lipinski definition) is 4. The lowest BCUT2D eigenvalue weighted by Gasteiger charge is -2.37. The molecule has 29 heavy (non-hydrogen) atoms. The molecule has 2 N–H and O–H groups in total. The normalized spacial score (nSPS) is 18.3. The van der Waals surface area contributed by atoms with Crippen LogP contribution in [0, 0.1) is 6.92 Å². The van der Waals surface area contributed by atoms with E-state index in [1.165, 1.54) is 17.5 Å².